The summed E-state index contributed by atoms with van der Waals surface area (Å²) in [4.78, 5) is 13.9. The van der Waals surface area contributed by atoms with Crippen LogP contribution in [0.25, 0.3) is 0 Å². The highest BCUT2D eigenvalue weighted by atomic mass is 16.2. The minimum Gasteiger partial charge on any atom is -0.338 e. The van der Waals surface area contributed by atoms with E-state index in [1.165, 1.54) is 11.1 Å². The zero-order chi connectivity index (χ0) is 13.7. The maximum Gasteiger partial charge on any atom is 0.317 e. The average molecular weight is 260 g/mol. The van der Waals surface area contributed by atoms with Crippen molar-refractivity contribution >= 4 is 6.03 Å². The van der Waals surface area contributed by atoms with Gasteiger partial charge in [0.05, 0.1) is 0 Å². The lowest BCUT2D eigenvalue weighted by Gasteiger charge is -2.30. The molecule has 1 aliphatic heterocycles. The van der Waals surface area contributed by atoms with E-state index in [0.717, 1.165) is 38.3 Å². The van der Waals surface area contributed by atoms with Crippen LogP contribution in [0.5, 0.6) is 0 Å². The molecule has 19 heavy (non-hydrogen) atoms. The zero-order valence-electron chi connectivity index (χ0n) is 12.0. The second-order valence-corrected chi connectivity index (χ2v) is 5.64. The van der Waals surface area contributed by atoms with Crippen molar-refractivity contribution in [2.45, 2.75) is 33.1 Å². The summed E-state index contributed by atoms with van der Waals surface area (Å²) >= 11 is 0. The van der Waals surface area contributed by atoms with Crippen molar-refractivity contribution < 1.29 is 4.79 Å². The van der Waals surface area contributed by atoms with Gasteiger partial charge in [-0.3, -0.25) is 0 Å². The molecule has 2 amide bonds. The number of hydrogen-bond acceptors (Lipinski definition) is 1. The van der Waals surface area contributed by atoms with E-state index in [4.69, 9.17) is 0 Å². The van der Waals surface area contributed by atoms with Gasteiger partial charge >= 0.3 is 6.03 Å². The van der Waals surface area contributed by atoms with Crippen molar-refractivity contribution in [2.75, 3.05) is 19.6 Å². The molecule has 3 nitrogen and oxygen atoms in total. The molecule has 1 N–H and O–H groups in total. The van der Waals surface area contributed by atoms with Crippen molar-refractivity contribution in [2.24, 2.45) is 5.92 Å². The molecular weight excluding hydrogens is 236 g/mol. The van der Waals surface area contributed by atoms with E-state index in [2.05, 4.69) is 43.4 Å². The lowest BCUT2D eigenvalue weighted by Crippen LogP contribution is -2.44. The Morgan fingerprint density at radius 3 is 2.53 bits per heavy atom. The van der Waals surface area contributed by atoms with Crippen molar-refractivity contribution in [1.82, 2.24) is 10.2 Å². The van der Waals surface area contributed by atoms with Crippen LogP contribution in [0.1, 0.15) is 30.9 Å². The molecule has 1 fully saturated rings. The fraction of sp³-hybridized carbons (Fsp3) is 0.562. The van der Waals surface area contributed by atoms with Gasteiger partial charge in [-0.2, -0.15) is 0 Å². The normalized spacial score (nSPS) is 16.4. The largest absolute Gasteiger partial charge is 0.338 e. The average Bonchev–Trinajstić information content (AvgIpc) is 2.41. The van der Waals surface area contributed by atoms with Crippen LogP contribution in [0.15, 0.2) is 24.3 Å². The molecule has 1 saturated heterocycles. The molecule has 0 aliphatic carbocycles. The highest BCUT2D eigenvalue weighted by Crippen LogP contribution is 2.15. The van der Waals surface area contributed by atoms with E-state index in [9.17, 15) is 4.79 Å². The number of amides is 2. The number of rotatable bonds is 3. The van der Waals surface area contributed by atoms with E-state index >= 15 is 0 Å². The zero-order valence-corrected chi connectivity index (χ0v) is 12.0. The first-order valence-corrected chi connectivity index (χ1v) is 7.23. The first kappa shape index (κ1) is 13.9. The van der Waals surface area contributed by atoms with Gasteiger partial charge in [0, 0.05) is 19.6 Å². The summed E-state index contributed by atoms with van der Waals surface area (Å²) in [5.41, 5.74) is 2.55. The molecule has 1 aromatic rings. The van der Waals surface area contributed by atoms with Crippen molar-refractivity contribution in [1.29, 1.82) is 0 Å². The first-order chi connectivity index (χ1) is 9.15. The highest BCUT2D eigenvalue weighted by Gasteiger charge is 2.19. The molecular formula is C16H24N2O. The van der Waals surface area contributed by atoms with Gasteiger partial charge in [-0.05, 0) is 37.7 Å². The SMILES string of the molecule is Cc1ccc(CCNC(=O)N2CCC(C)CC2)cc1. The third-order valence-corrected chi connectivity index (χ3v) is 3.88. The molecule has 0 saturated carbocycles. The summed E-state index contributed by atoms with van der Waals surface area (Å²) in [5.74, 6) is 0.761. The van der Waals surface area contributed by atoms with Gasteiger partial charge in [0.2, 0.25) is 0 Å². The third kappa shape index (κ3) is 4.27. The molecule has 3 heteroatoms. The molecule has 1 aromatic carbocycles. The molecule has 0 unspecified atom stereocenters. The van der Waals surface area contributed by atoms with Crippen LogP contribution in [0.3, 0.4) is 0 Å². The summed E-state index contributed by atoms with van der Waals surface area (Å²) in [7, 11) is 0. The van der Waals surface area contributed by atoms with Gasteiger partial charge in [0.15, 0.2) is 0 Å². The summed E-state index contributed by atoms with van der Waals surface area (Å²) in [5, 5.41) is 3.02. The Bertz CT molecular complexity index is 405. The van der Waals surface area contributed by atoms with Crippen LogP contribution in [-0.2, 0) is 6.42 Å². The number of carbonyl (C=O) groups excluding carboxylic acids is 1. The van der Waals surface area contributed by atoms with Gasteiger partial charge < -0.3 is 10.2 Å². The van der Waals surface area contributed by atoms with Crippen LogP contribution < -0.4 is 5.32 Å². The molecule has 0 spiro atoms. The second-order valence-electron chi connectivity index (χ2n) is 5.64. The Kier molecular flexibility index (Phi) is 4.83. The molecule has 2 rings (SSSR count). The minimum atomic E-state index is 0.0963. The number of nitrogens with zero attached hydrogens (tertiary/aromatic N) is 1. The Morgan fingerprint density at radius 1 is 1.26 bits per heavy atom. The van der Waals surface area contributed by atoms with Crippen LogP contribution in [-0.4, -0.2) is 30.6 Å². The number of piperidine rings is 1. The van der Waals surface area contributed by atoms with Gasteiger partial charge in [-0.25, -0.2) is 4.79 Å². The molecule has 104 valence electrons. The summed E-state index contributed by atoms with van der Waals surface area (Å²) in [6, 6.07) is 8.58. The number of nitrogens with one attached hydrogen (secondary N) is 1. The smallest absolute Gasteiger partial charge is 0.317 e. The highest BCUT2D eigenvalue weighted by molar-refractivity contribution is 5.74. The number of hydrogen-bond donors (Lipinski definition) is 1. The quantitative estimate of drug-likeness (QED) is 0.890. The molecule has 1 aliphatic rings. The molecule has 0 aromatic heterocycles. The fourth-order valence-corrected chi connectivity index (χ4v) is 2.39. The Morgan fingerprint density at radius 2 is 1.89 bits per heavy atom. The molecule has 0 bridgehead atoms. The van der Waals surface area contributed by atoms with Crippen LogP contribution in [0.4, 0.5) is 4.79 Å². The van der Waals surface area contributed by atoms with E-state index in [1.54, 1.807) is 0 Å². The van der Waals surface area contributed by atoms with Crippen molar-refractivity contribution in [3.05, 3.63) is 35.4 Å². The number of benzene rings is 1. The van der Waals surface area contributed by atoms with Gasteiger partial charge in [0.25, 0.3) is 0 Å². The molecule has 0 radical (unpaired) electrons. The van der Waals surface area contributed by atoms with Crippen LogP contribution >= 0.6 is 0 Å². The van der Waals surface area contributed by atoms with Crippen LogP contribution in [0.2, 0.25) is 0 Å². The maximum absolute atomic E-state index is 12.0. The Hall–Kier alpha value is -1.51. The number of urea groups is 1. The third-order valence-electron chi connectivity index (χ3n) is 3.88. The van der Waals surface area contributed by atoms with Crippen molar-refractivity contribution in [3.8, 4) is 0 Å². The maximum atomic E-state index is 12.0. The van der Waals surface area contributed by atoms with E-state index in [1.807, 2.05) is 4.90 Å². The second kappa shape index (κ2) is 6.60. The van der Waals surface area contributed by atoms with E-state index < -0.39 is 0 Å². The monoisotopic (exact) mass is 260 g/mol. The van der Waals surface area contributed by atoms with Gasteiger partial charge in [-0.1, -0.05) is 36.8 Å². The van der Waals surface area contributed by atoms with Gasteiger partial charge in [0.1, 0.15) is 0 Å². The van der Waals surface area contributed by atoms with Crippen LogP contribution in [0, 0.1) is 12.8 Å². The topological polar surface area (TPSA) is 32.3 Å². The van der Waals surface area contributed by atoms with E-state index in [0.29, 0.717) is 6.54 Å². The lowest BCUT2D eigenvalue weighted by atomic mass is 10.00. The number of carbonyl (C=O) groups is 1. The number of likely N-dealkylation sites (tertiary alicyclic amines) is 1. The lowest BCUT2D eigenvalue weighted by molar-refractivity contribution is 0.174. The predicted molar refractivity (Wildman–Crippen MR) is 78.3 cm³/mol. The summed E-state index contributed by atoms with van der Waals surface area (Å²) in [6.45, 7) is 6.86. The van der Waals surface area contributed by atoms with E-state index in [-0.39, 0.29) is 6.03 Å². The molecule has 0 atom stereocenters. The fourth-order valence-electron chi connectivity index (χ4n) is 2.39. The molecule has 1 heterocycles. The summed E-state index contributed by atoms with van der Waals surface area (Å²) < 4.78 is 0. The first-order valence-electron chi connectivity index (χ1n) is 7.23. The number of aryl methyl sites for hydroxylation is 1. The predicted octanol–water partition coefficient (Wildman–Crippen LogP) is 2.98. The summed E-state index contributed by atoms with van der Waals surface area (Å²) in [6.07, 6.45) is 3.16. The minimum absolute atomic E-state index is 0.0963. The Balaban J connectivity index is 1.70. The van der Waals surface area contributed by atoms with Crippen molar-refractivity contribution in [3.63, 3.8) is 0 Å². The Labute approximate surface area is 116 Å². The standard InChI is InChI=1S/C16H24N2O/c1-13-3-5-15(6-4-13)7-10-17-16(19)18-11-8-14(2)9-12-18/h3-6,14H,7-12H2,1-2H3,(H,17,19). The van der Waals surface area contributed by atoms with Gasteiger partial charge in [-0.15, -0.1) is 0 Å².